The van der Waals surface area contributed by atoms with Crippen molar-refractivity contribution < 1.29 is 0 Å². The molecule has 3 aromatic rings. The fraction of sp³-hybridized carbons (Fsp3) is 0.235. The van der Waals surface area contributed by atoms with Gasteiger partial charge in [0, 0.05) is 24.2 Å². The number of benzene rings is 1. The van der Waals surface area contributed by atoms with Gasteiger partial charge in [0.25, 0.3) is 0 Å². The number of hydrogen-bond donors (Lipinski definition) is 1. The molecule has 2 heterocycles. The molecule has 0 spiro atoms. The molecule has 0 unspecified atom stereocenters. The van der Waals surface area contributed by atoms with E-state index in [9.17, 15) is 0 Å². The Labute approximate surface area is 119 Å². The van der Waals surface area contributed by atoms with Crippen LogP contribution in [0.2, 0.25) is 0 Å². The normalized spacial score (nSPS) is 11.1. The zero-order valence-corrected chi connectivity index (χ0v) is 11.7. The molecule has 1 aromatic carbocycles. The molecule has 0 saturated heterocycles. The van der Waals surface area contributed by atoms with E-state index in [-0.39, 0.29) is 0 Å². The first-order valence-electron chi connectivity index (χ1n) is 6.99. The van der Waals surface area contributed by atoms with E-state index in [1.165, 1.54) is 17.0 Å². The largest absolute Gasteiger partial charge is 0.330 e. The Balaban J connectivity index is 2.10. The molecule has 20 heavy (non-hydrogen) atoms. The van der Waals surface area contributed by atoms with Gasteiger partial charge in [0.1, 0.15) is 5.65 Å². The minimum atomic E-state index is 0.643. The Morgan fingerprint density at radius 2 is 1.85 bits per heavy atom. The molecular weight excluding hydrogens is 246 g/mol. The Hall–Kier alpha value is -2.13. The second-order valence-electron chi connectivity index (χ2n) is 5.07. The van der Waals surface area contributed by atoms with Crippen LogP contribution in [-0.4, -0.2) is 15.9 Å². The van der Waals surface area contributed by atoms with Crippen LogP contribution in [0, 0.1) is 6.92 Å². The Morgan fingerprint density at radius 3 is 2.60 bits per heavy atom. The summed E-state index contributed by atoms with van der Waals surface area (Å²) >= 11 is 0. The molecule has 102 valence electrons. The van der Waals surface area contributed by atoms with Gasteiger partial charge in [-0.15, -0.1) is 0 Å². The Morgan fingerprint density at radius 1 is 1.05 bits per heavy atom. The van der Waals surface area contributed by atoms with Gasteiger partial charge in [-0.1, -0.05) is 36.4 Å². The highest BCUT2D eigenvalue weighted by Crippen LogP contribution is 2.18. The van der Waals surface area contributed by atoms with E-state index in [0.29, 0.717) is 6.54 Å². The summed E-state index contributed by atoms with van der Waals surface area (Å²) in [5.41, 5.74) is 11.7. The molecule has 3 nitrogen and oxygen atoms in total. The lowest BCUT2D eigenvalue weighted by molar-refractivity contribution is 0.869. The monoisotopic (exact) mass is 265 g/mol. The molecule has 0 aliphatic rings. The van der Waals surface area contributed by atoms with E-state index in [1.807, 2.05) is 6.07 Å². The highest BCUT2D eigenvalue weighted by molar-refractivity contribution is 5.46. The summed E-state index contributed by atoms with van der Waals surface area (Å²) in [5, 5.41) is 0. The third kappa shape index (κ3) is 2.32. The standard InChI is InChI=1S/C17H19N3/c1-13-6-5-9-17-19-15(16(10-11-18)20(13)17)12-14-7-3-2-4-8-14/h2-9H,10-12,18H2,1H3. The van der Waals surface area contributed by atoms with Crippen molar-refractivity contribution in [3.05, 3.63) is 71.2 Å². The SMILES string of the molecule is Cc1cccc2nc(Cc3ccccc3)c(CCN)n12. The summed E-state index contributed by atoms with van der Waals surface area (Å²) in [6, 6.07) is 16.7. The minimum Gasteiger partial charge on any atom is -0.330 e. The number of imidazole rings is 1. The number of rotatable bonds is 4. The van der Waals surface area contributed by atoms with Gasteiger partial charge in [-0.3, -0.25) is 0 Å². The third-order valence-corrected chi connectivity index (χ3v) is 3.61. The Kier molecular flexibility index (Phi) is 3.52. The summed E-state index contributed by atoms with van der Waals surface area (Å²) in [7, 11) is 0. The van der Waals surface area contributed by atoms with E-state index in [1.54, 1.807) is 0 Å². The highest BCUT2D eigenvalue weighted by Gasteiger charge is 2.13. The van der Waals surface area contributed by atoms with Gasteiger partial charge in [0.2, 0.25) is 0 Å². The summed E-state index contributed by atoms with van der Waals surface area (Å²) in [5.74, 6) is 0. The highest BCUT2D eigenvalue weighted by atomic mass is 15.0. The van der Waals surface area contributed by atoms with Crippen molar-refractivity contribution in [2.75, 3.05) is 6.54 Å². The van der Waals surface area contributed by atoms with Crippen molar-refractivity contribution in [1.82, 2.24) is 9.38 Å². The van der Waals surface area contributed by atoms with Crippen molar-refractivity contribution in [3.63, 3.8) is 0 Å². The lowest BCUT2D eigenvalue weighted by Crippen LogP contribution is -2.08. The topological polar surface area (TPSA) is 43.3 Å². The molecule has 0 radical (unpaired) electrons. The second-order valence-corrected chi connectivity index (χ2v) is 5.07. The number of aromatic nitrogens is 2. The van der Waals surface area contributed by atoms with Crippen LogP contribution in [0.15, 0.2) is 48.5 Å². The Bertz CT molecular complexity index is 714. The first kappa shape index (κ1) is 12.9. The zero-order valence-electron chi connectivity index (χ0n) is 11.7. The molecule has 0 bridgehead atoms. The molecule has 0 atom stereocenters. The summed E-state index contributed by atoms with van der Waals surface area (Å²) in [4.78, 5) is 4.79. The number of nitrogens with two attached hydrogens (primary N) is 1. The van der Waals surface area contributed by atoms with Crippen LogP contribution in [0.5, 0.6) is 0 Å². The molecule has 2 aromatic heterocycles. The van der Waals surface area contributed by atoms with E-state index in [4.69, 9.17) is 10.7 Å². The summed E-state index contributed by atoms with van der Waals surface area (Å²) < 4.78 is 2.23. The van der Waals surface area contributed by atoms with E-state index in [0.717, 1.165) is 24.2 Å². The molecule has 3 rings (SSSR count). The van der Waals surface area contributed by atoms with Crippen LogP contribution in [0.3, 0.4) is 0 Å². The smallest absolute Gasteiger partial charge is 0.137 e. The molecule has 0 aliphatic heterocycles. The number of hydrogen-bond acceptors (Lipinski definition) is 2. The summed E-state index contributed by atoms with van der Waals surface area (Å²) in [6.45, 7) is 2.75. The van der Waals surface area contributed by atoms with Crippen molar-refractivity contribution in [2.45, 2.75) is 19.8 Å². The van der Waals surface area contributed by atoms with Gasteiger partial charge in [0.05, 0.1) is 5.69 Å². The lowest BCUT2D eigenvalue weighted by Gasteiger charge is -2.06. The minimum absolute atomic E-state index is 0.643. The average molecular weight is 265 g/mol. The predicted octanol–water partition coefficient (Wildman–Crippen LogP) is 2.73. The van der Waals surface area contributed by atoms with Crippen molar-refractivity contribution in [3.8, 4) is 0 Å². The lowest BCUT2D eigenvalue weighted by atomic mass is 10.1. The number of aryl methyl sites for hydroxylation is 1. The number of fused-ring (bicyclic) bond motifs is 1. The van der Waals surface area contributed by atoms with E-state index < -0.39 is 0 Å². The fourth-order valence-corrected chi connectivity index (χ4v) is 2.70. The third-order valence-electron chi connectivity index (χ3n) is 3.61. The van der Waals surface area contributed by atoms with Gasteiger partial charge in [-0.25, -0.2) is 4.98 Å². The first-order chi connectivity index (χ1) is 9.79. The molecule has 0 aliphatic carbocycles. The molecule has 0 amide bonds. The van der Waals surface area contributed by atoms with Gasteiger partial charge < -0.3 is 10.1 Å². The molecule has 0 fully saturated rings. The quantitative estimate of drug-likeness (QED) is 0.788. The number of nitrogens with zero attached hydrogens (tertiary/aromatic N) is 2. The van der Waals surface area contributed by atoms with Crippen molar-refractivity contribution in [1.29, 1.82) is 0 Å². The molecule has 0 saturated carbocycles. The predicted molar refractivity (Wildman–Crippen MR) is 81.9 cm³/mol. The van der Waals surface area contributed by atoms with Gasteiger partial charge in [-0.05, 0) is 31.2 Å². The second kappa shape index (κ2) is 5.47. The van der Waals surface area contributed by atoms with Crippen LogP contribution in [0.1, 0.15) is 22.6 Å². The van der Waals surface area contributed by atoms with Crippen LogP contribution in [0.25, 0.3) is 5.65 Å². The molecular formula is C17H19N3. The van der Waals surface area contributed by atoms with Crippen molar-refractivity contribution >= 4 is 5.65 Å². The number of pyridine rings is 1. The average Bonchev–Trinajstić information content (AvgIpc) is 2.80. The van der Waals surface area contributed by atoms with E-state index in [2.05, 4.69) is 53.8 Å². The van der Waals surface area contributed by atoms with E-state index >= 15 is 0 Å². The maximum Gasteiger partial charge on any atom is 0.137 e. The van der Waals surface area contributed by atoms with Crippen LogP contribution in [0.4, 0.5) is 0 Å². The van der Waals surface area contributed by atoms with Crippen LogP contribution < -0.4 is 5.73 Å². The van der Waals surface area contributed by atoms with Gasteiger partial charge >= 0.3 is 0 Å². The van der Waals surface area contributed by atoms with Crippen LogP contribution in [-0.2, 0) is 12.8 Å². The summed E-state index contributed by atoms with van der Waals surface area (Å²) in [6.07, 6.45) is 1.71. The molecule has 2 N–H and O–H groups in total. The zero-order chi connectivity index (χ0) is 13.9. The maximum absolute atomic E-state index is 5.78. The van der Waals surface area contributed by atoms with Gasteiger partial charge in [0.15, 0.2) is 0 Å². The fourth-order valence-electron chi connectivity index (χ4n) is 2.70. The van der Waals surface area contributed by atoms with Crippen molar-refractivity contribution in [2.24, 2.45) is 5.73 Å². The van der Waals surface area contributed by atoms with Gasteiger partial charge in [-0.2, -0.15) is 0 Å². The first-order valence-corrected chi connectivity index (χ1v) is 6.99. The molecule has 3 heteroatoms. The maximum atomic E-state index is 5.78. The van der Waals surface area contributed by atoms with Crippen LogP contribution >= 0.6 is 0 Å².